The van der Waals surface area contributed by atoms with Gasteiger partial charge in [-0.3, -0.25) is 4.79 Å². The third-order valence-corrected chi connectivity index (χ3v) is 2.57. The lowest BCUT2D eigenvalue weighted by atomic mass is 10.2. The molecule has 0 atom stereocenters. The minimum absolute atomic E-state index is 0.148. The first-order valence-electron chi connectivity index (χ1n) is 5.80. The van der Waals surface area contributed by atoms with Gasteiger partial charge in [0.1, 0.15) is 17.4 Å². The van der Waals surface area contributed by atoms with Crippen LogP contribution in [0.4, 0.5) is 15.9 Å². The highest BCUT2D eigenvalue weighted by Gasteiger charge is 2.12. The summed E-state index contributed by atoms with van der Waals surface area (Å²) in [4.78, 5) is 12.0. The van der Waals surface area contributed by atoms with Crippen LogP contribution >= 0.6 is 0 Å². The van der Waals surface area contributed by atoms with Crippen LogP contribution in [0.1, 0.15) is 10.5 Å². The van der Waals surface area contributed by atoms with Gasteiger partial charge in [-0.1, -0.05) is 0 Å². The lowest BCUT2D eigenvalue weighted by Crippen LogP contribution is -2.15. The van der Waals surface area contributed by atoms with Crippen LogP contribution in [0.25, 0.3) is 0 Å². The molecule has 0 aliphatic rings. The zero-order chi connectivity index (χ0) is 14.5. The number of methoxy groups -OCH3 is 1. The van der Waals surface area contributed by atoms with Gasteiger partial charge in [0.25, 0.3) is 5.91 Å². The van der Waals surface area contributed by atoms with Gasteiger partial charge >= 0.3 is 0 Å². The fraction of sp³-hybridized carbons (Fsp3) is 0.154. The van der Waals surface area contributed by atoms with Gasteiger partial charge in [0.15, 0.2) is 5.69 Å². The molecule has 20 heavy (non-hydrogen) atoms. The maximum absolute atomic E-state index is 13.1. The van der Waals surface area contributed by atoms with E-state index in [4.69, 9.17) is 4.74 Å². The average molecular weight is 276 g/mol. The van der Waals surface area contributed by atoms with Crippen molar-refractivity contribution in [2.45, 2.75) is 0 Å². The highest BCUT2D eigenvalue weighted by molar-refractivity contribution is 6.03. The Bertz CT molecular complexity index is 616. The maximum atomic E-state index is 13.1. The number of nitrogens with one attached hydrogen (secondary N) is 2. The highest BCUT2D eigenvalue weighted by atomic mass is 19.1. The van der Waals surface area contributed by atoms with Gasteiger partial charge in [-0.2, -0.15) is 0 Å². The zero-order valence-electron chi connectivity index (χ0n) is 11.0. The van der Waals surface area contributed by atoms with Crippen molar-refractivity contribution in [3.8, 4) is 5.75 Å². The Morgan fingerprint density at radius 1 is 1.25 bits per heavy atom. The van der Waals surface area contributed by atoms with Crippen LogP contribution < -0.4 is 15.4 Å². The van der Waals surface area contributed by atoms with Gasteiger partial charge in [0.05, 0.1) is 12.8 Å². The molecule has 2 N–H and O–H groups in total. The van der Waals surface area contributed by atoms with Gasteiger partial charge in [-0.25, -0.2) is 4.39 Å². The van der Waals surface area contributed by atoms with E-state index >= 15 is 0 Å². The Morgan fingerprint density at radius 2 is 2.05 bits per heavy atom. The molecule has 1 aromatic carbocycles. The molecule has 0 spiro atoms. The van der Waals surface area contributed by atoms with Crippen molar-refractivity contribution in [2.75, 3.05) is 24.8 Å². The standard InChI is InChI=1S/C13H13FN4O2/c1-15-12-6-5-10(17-18-12)13(19)16-9-4-3-8(14)7-11(9)20-2/h3-7H,1-2H3,(H,15,18)(H,16,19). The number of anilines is 2. The fourth-order valence-electron chi connectivity index (χ4n) is 1.54. The molecule has 7 heteroatoms. The molecule has 0 radical (unpaired) electrons. The molecule has 0 saturated heterocycles. The van der Waals surface area contributed by atoms with Crippen molar-refractivity contribution < 1.29 is 13.9 Å². The van der Waals surface area contributed by atoms with E-state index in [9.17, 15) is 9.18 Å². The second kappa shape index (κ2) is 5.96. The summed E-state index contributed by atoms with van der Waals surface area (Å²) in [6, 6.07) is 6.99. The van der Waals surface area contributed by atoms with Crippen molar-refractivity contribution >= 4 is 17.4 Å². The summed E-state index contributed by atoms with van der Waals surface area (Å²) in [5.41, 5.74) is 0.508. The van der Waals surface area contributed by atoms with Crippen molar-refractivity contribution in [3.63, 3.8) is 0 Å². The molecule has 6 nitrogen and oxygen atoms in total. The quantitative estimate of drug-likeness (QED) is 0.892. The van der Waals surface area contributed by atoms with E-state index in [1.807, 2.05) is 0 Å². The smallest absolute Gasteiger partial charge is 0.276 e. The molecule has 104 valence electrons. The number of benzene rings is 1. The Balaban J connectivity index is 2.18. The lowest BCUT2D eigenvalue weighted by molar-refractivity contribution is 0.102. The molecular weight excluding hydrogens is 263 g/mol. The molecule has 0 saturated carbocycles. The highest BCUT2D eigenvalue weighted by Crippen LogP contribution is 2.25. The molecule has 1 amide bonds. The third kappa shape index (κ3) is 3.00. The fourth-order valence-corrected chi connectivity index (χ4v) is 1.54. The van der Waals surface area contributed by atoms with Crippen LogP contribution in [-0.2, 0) is 0 Å². The largest absolute Gasteiger partial charge is 0.494 e. The van der Waals surface area contributed by atoms with Crippen LogP contribution in [0, 0.1) is 5.82 Å². The molecular formula is C13H13FN4O2. The van der Waals surface area contributed by atoms with Crippen molar-refractivity contribution in [3.05, 3.63) is 41.8 Å². The van der Waals surface area contributed by atoms with E-state index in [2.05, 4.69) is 20.8 Å². The number of halogens is 1. The molecule has 0 fully saturated rings. The van der Waals surface area contributed by atoms with Gasteiger partial charge in [-0.15, -0.1) is 10.2 Å². The Morgan fingerprint density at radius 3 is 2.65 bits per heavy atom. The molecule has 2 aromatic rings. The Labute approximate surface area is 115 Å². The molecule has 1 heterocycles. The van der Waals surface area contributed by atoms with Crippen molar-refractivity contribution in [2.24, 2.45) is 0 Å². The maximum Gasteiger partial charge on any atom is 0.276 e. The number of hydrogen-bond acceptors (Lipinski definition) is 5. The third-order valence-electron chi connectivity index (χ3n) is 2.57. The predicted octanol–water partition coefficient (Wildman–Crippen LogP) is 1.92. The minimum atomic E-state index is -0.454. The molecule has 0 unspecified atom stereocenters. The van der Waals surface area contributed by atoms with E-state index in [1.54, 1.807) is 13.1 Å². The second-order valence-electron chi connectivity index (χ2n) is 3.85. The summed E-state index contributed by atoms with van der Waals surface area (Å²) >= 11 is 0. The topological polar surface area (TPSA) is 76.1 Å². The van der Waals surface area contributed by atoms with Crippen molar-refractivity contribution in [1.82, 2.24) is 10.2 Å². The van der Waals surface area contributed by atoms with Crippen LogP contribution in [-0.4, -0.2) is 30.3 Å². The van der Waals surface area contributed by atoms with Crippen LogP contribution in [0.2, 0.25) is 0 Å². The number of hydrogen-bond donors (Lipinski definition) is 2. The van der Waals surface area contributed by atoms with E-state index < -0.39 is 11.7 Å². The first-order chi connectivity index (χ1) is 9.63. The summed E-state index contributed by atoms with van der Waals surface area (Å²) in [7, 11) is 3.10. The molecule has 0 bridgehead atoms. The lowest BCUT2D eigenvalue weighted by Gasteiger charge is -2.09. The first kappa shape index (κ1) is 13.7. The van der Waals surface area contributed by atoms with Gasteiger partial charge in [0.2, 0.25) is 0 Å². The van der Waals surface area contributed by atoms with Gasteiger partial charge in [0, 0.05) is 13.1 Å². The number of ether oxygens (including phenoxy) is 1. The van der Waals surface area contributed by atoms with Crippen LogP contribution in [0.5, 0.6) is 5.75 Å². The summed E-state index contributed by atoms with van der Waals surface area (Å²) in [6.45, 7) is 0. The van der Waals surface area contributed by atoms with E-state index in [-0.39, 0.29) is 11.4 Å². The normalized spacial score (nSPS) is 9.95. The minimum Gasteiger partial charge on any atom is -0.494 e. The predicted molar refractivity (Wildman–Crippen MR) is 72.5 cm³/mol. The number of amides is 1. The zero-order valence-corrected chi connectivity index (χ0v) is 11.0. The molecule has 0 aliphatic carbocycles. The molecule has 1 aromatic heterocycles. The summed E-state index contributed by atoms with van der Waals surface area (Å²) in [6.07, 6.45) is 0. The van der Waals surface area contributed by atoms with Gasteiger partial charge < -0.3 is 15.4 Å². The van der Waals surface area contributed by atoms with Crippen molar-refractivity contribution in [1.29, 1.82) is 0 Å². The van der Waals surface area contributed by atoms with Gasteiger partial charge in [-0.05, 0) is 24.3 Å². The number of carbonyl (C=O) groups is 1. The van der Waals surface area contributed by atoms with E-state index in [1.165, 1.54) is 31.4 Å². The number of nitrogens with zero attached hydrogens (tertiary/aromatic N) is 2. The average Bonchev–Trinajstić information content (AvgIpc) is 2.49. The number of carbonyl (C=O) groups excluding carboxylic acids is 1. The van der Waals surface area contributed by atoms with Crippen LogP contribution in [0.3, 0.4) is 0 Å². The van der Waals surface area contributed by atoms with Crippen LogP contribution in [0.15, 0.2) is 30.3 Å². The second-order valence-corrected chi connectivity index (χ2v) is 3.85. The molecule has 0 aliphatic heterocycles. The summed E-state index contributed by atoms with van der Waals surface area (Å²) < 4.78 is 18.1. The monoisotopic (exact) mass is 276 g/mol. The van der Waals surface area contributed by atoms with E-state index in [0.717, 1.165) is 0 Å². The Kier molecular flexibility index (Phi) is 4.09. The van der Waals surface area contributed by atoms with E-state index in [0.29, 0.717) is 11.5 Å². The number of aromatic nitrogens is 2. The summed E-state index contributed by atoms with van der Waals surface area (Å²) in [5, 5.41) is 13.0. The first-order valence-corrected chi connectivity index (χ1v) is 5.80. The molecule has 2 rings (SSSR count). The summed E-state index contributed by atoms with van der Waals surface area (Å²) in [5.74, 6) is -0.109. The number of rotatable bonds is 4. The SMILES string of the molecule is CNc1ccc(C(=O)Nc2ccc(F)cc2OC)nn1. The Hall–Kier alpha value is -2.70.